The molecule has 0 aromatic carbocycles. The van der Waals surface area contributed by atoms with Gasteiger partial charge in [0.15, 0.2) is 0 Å². The molecule has 26 heteroatoms. The number of phosphoric acid groups is 3. The van der Waals surface area contributed by atoms with Crippen molar-refractivity contribution in [2.75, 3.05) is 45.3 Å². The van der Waals surface area contributed by atoms with Crippen molar-refractivity contribution < 1.29 is 83.7 Å². The lowest BCUT2D eigenvalue weighted by Crippen LogP contribution is -2.38. The van der Waals surface area contributed by atoms with Gasteiger partial charge in [-0.25, -0.2) is 18.5 Å². The Hall–Kier alpha value is -2.41. The summed E-state index contributed by atoms with van der Waals surface area (Å²) in [6.07, 6.45) is -0.190. The number of hydrogen-bond donors (Lipinski definition) is 7. The molecule has 1 aromatic heterocycles. The number of carbonyl (C=O) groups excluding carboxylic acids is 1. The maximum atomic E-state index is 11.9. The summed E-state index contributed by atoms with van der Waals surface area (Å²) in [5, 5.41) is 1.68. The van der Waals surface area contributed by atoms with E-state index in [1.54, 1.807) is 5.32 Å². The molecule has 1 saturated heterocycles. The molecular formula is C18H28F3N4O16P3. The molecule has 0 bridgehead atoms. The number of nitrogens with zero attached hydrogens (tertiary/aromatic N) is 2. The fraction of sp³-hybridized carbons (Fsp3) is 0.611. The van der Waals surface area contributed by atoms with E-state index in [4.69, 9.17) is 49.1 Å². The zero-order chi connectivity index (χ0) is 33.6. The summed E-state index contributed by atoms with van der Waals surface area (Å²) in [6, 6.07) is 1.52. The smallest absolute Gasteiger partial charge is 0.444 e. The Labute approximate surface area is 245 Å². The topological polar surface area (TPSA) is 298 Å². The number of alkyl halides is 3. The van der Waals surface area contributed by atoms with E-state index in [0.29, 0.717) is 12.8 Å². The Morgan fingerprint density at radius 2 is 1.70 bits per heavy atom. The molecule has 2 atom stereocenters. The SMILES string of the molecule is Nc1ccn([C@H]2CC[C@@H](COC#CCOCCOCCNC(=O)C(F)(F)F)O2)c(=O)n1.O=P(O)(O)OP(=O)(O)OP(=O)(O)O. The number of carbonyl (C=O) groups is 1. The number of ether oxygens (including phenoxy) is 4. The first-order valence-corrected chi connectivity index (χ1v) is 16.2. The van der Waals surface area contributed by atoms with Crippen LogP contribution in [-0.2, 0) is 46.1 Å². The normalized spacial score (nSPS) is 17.2. The van der Waals surface area contributed by atoms with Crippen LogP contribution in [0.5, 0.6) is 0 Å². The second-order valence-electron chi connectivity index (χ2n) is 7.95. The first-order chi connectivity index (χ1) is 20.2. The summed E-state index contributed by atoms with van der Waals surface area (Å²) in [7, 11) is -16.2. The molecular weight excluding hydrogens is 678 g/mol. The van der Waals surface area contributed by atoms with Crippen LogP contribution in [0.25, 0.3) is 0 Å². The highest BCUT2D eigenvalue weighted by Gasteiger charge is 2.39. The maximum absolute atomic E-state index is 11.9. The largest absolute Gasteiger partial charge is 0.490 e. The Kier molecular flexibility index (Phi) is 16.1. The molecule has 1 aliphatic rings. The zero-order valence-electron chi connectivity index (χ0n) is 22.1. The van der Waals surface area contributed by atoms with Gasteiger partial charge in [-0.3, -0.25) is 9.36 Å². The highest BCUT2D eigenvalue weighted by molar-refractivity contribution is 7.66. The summed E-state index contributed by atoms with van der Waals surface area (Å²) >= 11 is 0. The third-order valence-corrected chi connectivity index (χ3v) is 7.77. The summed E-state index contributed by atoms with van der Waals surface area (Å²) in [5.74, 6) is 0.783. The number of nitrogens with one attached hydrogen (secondary N) is 1. The van der Waals surface area contributed by atoms with Gasteiger partial charge in [-0.05, 0) is 24.8 Å². The second-order valence-corrected chi connectivity index (χ2v) is 12.2. The Morgan fingerprint density at radius 3 is 2.27 bits per heavy atom. The molecule has 1 aromatic rings. The van der Waals surface area contributed by atoms with Gasteiger partial charge in [0.2, 0.25) is 0 Å². The van der Waals surface area contributed by atoms with Gasteiger partial charge in [0.05, 0.1) is 25.9 Å². The van der Waals surface area contributed by atoms with Crippen molar-refractivity contribution >= 4 is 35.2 Å². The van der Waals surface area contributed by atoms with Crippen LogP contribution in [0.4, 0.5) is 19.0 Å². The number of rotatable bonds is 14. The van der Waals surface area contributed by atoms with E-state index in [-0.39, 0.29) is 51.5 Å². The van der Waals surface area contributed by atoms with Gasteiger partial charge < -0.3 is 54.5 Å². The van der Waals surface area contributed by atoms with Crippen LogP contribution < -0.4 is 16.7 Å². The predicted molar refractivity (Wildman–Crippen MR) is 137 cm³/mol. The van der Waals surface area contributed by atoms with Crippen molar-refractivity contribution in [3.05, 3.63) is 22.7 Å². The number of halogens is 3. The molecule has 1 fully saturated rings. The Morgan fingerprint density at radius 1 is 1.09 bits per heavy atom. The molecule has 0 aliphatic carbocycles. The molecule has 0 spiro atoms. The molecule has 2 heterocycles. The summed E-state index contributed by atoms with van der Waals surface area (Å²) in [6.45, 7) is 0.309. The summed E-state index contributed by atoms with van der Waals surface area (Å²) in [4.78, 5) is 66.2. The quantitative estimate of drug-likeness (QED) is 0.0728. The van der Waals surface area contributed by atoms with Crippen molar-refractivity contribution in [2.24, 2.45) is 0 Å². The molecule has 1 amide bonds. The third kappa shape index (κ3) is 18.4. The van der Waals surface area contributed by atoms with E-state index < -0.39 is 47.5 Å². The van der Waals surface area contributed by atoms with Gasteiger partial charge in [-0.15, -0.1) is 0 Å². The van der Waals surface area contributed by atoms with Crippen LogP contribution >= 0.6 is 23.5 Å². The predicted octanol–water partition coefficient (Wildman–Crippen LogP) is -0.502. The van der Waals surface area contributed by atoms with E-state index in [1.165, 1.54) is 16.8 Å². The van der Waals surface area contributed by atoms with Gasteiger partial charge in [0, 0.05) is 12.7 Å². The van der Waals surface area contributed by atoms with Gasteiger partial charge in [-0.1, -0.05) is 0 Å². The summed E-state index contributed by atoms with van der Waals surface area (Å²) < 4.78 is 94.7. The third-order valence-electron chi connectivity index (χ3n) is 4.42. The van der Waals surface area contributed by atoms with Crippen molar-refractivity contribution in [1.82, 2.24) is 14.9 Å². The van der Waals surface area contributed by atoms with Gasteiger partial charge in [0.25, 0.3) is 0 Å². The van der Waals surface area contributed by atoms with Gasteiger partial charge >= 0.3 is 41.2 Å². The molecule has 44 heavy (non-hydrogen) atoms. The Bertz CT molecular complexity index is 1310. The van der Waals surface area contributed by atoms with Crippen LogP contribution in [0.2, 0.25) is 0 Å². The monoisotopic (exact) mass is 706 g/mol. The fourth-order valence-corrected chi connectivity index (χ4v) is 5.38. The van der Waals surface area contributed by atoms with E-state index in [0.717, 1.165) is 0 Å². The van der Waals surface area contributed by atoms with E-state index >= 15 is 0 Å². The lowest BCUT2D eigenvalue weighted by Gasteiger charge is -2.14. The van der Waals surface area contributed by atoms with E-state index in [9.17, 15) is 36.5 Å². The molecule has 8 N–H and O–H groups in total. The first kappa shape index (κ1) is 39.6. The highest BCUT2D eigenvalue weighted by Crippen LogP contribution is 2.64. The lowest BCUT2D eigenvalue weighted by atomic mass is 10.2. The fourth-order valence-electron chi connectivity index (χ4n) is 2.84. The number of anilines is 1. The lowest BCUT2D eigenvalue weighted by molar-refractivity contribution is -0.173. The highest BCUT2D eigenvalue weighted by atomic mass is 31.3. The van der Waals surface area contributed by atoms with Crippen molar-refractivity contribution in [3.8, 4) is 12.0 Å². The van der Waals surface area contributed by atoms with E-state index in [1.807, 2.05) is 0 Å². The minimum atomic E-state index is -5.46. The molecule has 0 saturated carbocycles. The molecule has 0 radical (unpaired) electrons. The van der Waals surface area contributed by atoms with Crippen LogP contribution in [0.15, 0.2) is 17.1 Å². The molecule has 2 rings (SSSR count). The summed E-state index contributed by atoms with van der Waals surface area (Å²) in [5.41, 5.74) is 4.99. The van der Waals surface area contributed by atoms with Crippen molar-refractivity contribution in [1.29, 1.82) is 0 Å². The van der Waals surface area contributed by atoms with Crippen LogP contribution in [-0.4, -0.2) is 91.8 Å². The van der Waals surface area contributed by atoms with Crippen molar-refractivity contribution in [3.63, 3.8) is 0 Å². The average molecular weight is 706 g/mol. The average Bonchev–Trinajstić information content (AvgIpc) is 3.29. The maximum Gasteiger partial charge on any atom is 0.490 e. The number of nitrogen functional groups attached to an aromatic ring is 1. The molecule has 0 unspecified atom stereocenters. The number of amides is 1. The number of nitrogens with two attached hydrogens (primary N) is 1. The number of hydrogen-bond acceptors (Lipinski definition) is 13. The number of aromatic nitrogens is 2. The van der Waals surface area contributed by atoms with Gasteiger partial charge in [-0.2, -0.15) is 26.8 Å². The molecule has 1 aliphatic heterocycles. The first-order valence-electron chi connectivity index (χ1n) is 11.7. The minimum Gasteiger partial charge on any atom is -0.444 e. The Balaban J connectivity index is 0.000000627. The molecule has 252 valence electrons. The minimum absolute atomic E-state index is 0.0685. The van der Waals surface area contributed by atoms with Crippen molar-refractivity contribution in [2.45, 2.75) is 31.3 Å². The zero-order valence-corrected chi connectivity index (χ0v) is 24.8. The standard InChI is InChI=1S/C18H23F3N4O6.H5O10P3/c19-18(20,21)16(26)23-5-9-29-11-10-28-7-1-8-30-12-13-2-3-15(31-13)25-6-4-14(22)24-17(25)27;1-11(2,3)9-13(7,8)10-12(4,5)6/h4,6,13,15H,2-3,5,7,9-12H2,(H,23,26)(H2,22,24,27);(H,7,8)(H2,1,2,3)(H2,4,5,6)/t13-,15+;/m0./s1. The second kappa shape index (κ2) is 17.9. The van der Waals surface area contributed by atoms with Crippen LogP contribution in [0.1, 0.15) is 19.1 Å². The van der Waals surface area contributed by atoms with E-state index in [2.05, 4.69) is 25.6 Å². The molecule has 20 nitrogen and oxygen atoms in total. The van der Waals surface area contributed by atoms with Gasteiger partial charge in [0.1, 0.15) is 31.4 Å². The van der Waals surface area contributed by atoms with Crippen LogP contribution in [0, 0.1) is 12.0 Å². The van der Waals surface area contributed by atoms with Crippen LogP contribution in [0.3, 0.4) is 0 Å².